The number of hydrogen-bond acceptors (Lipinski definition) is 2. The highest BCUT2D eigenvalue weighted by Gasteiger charge is 2.20. The van der Waals surface area contributed by atoms with Crippen LogP contribution < -0.4 is 5.32 Å². The van der Waals surface area contributed by atoms with E-state index in [2.05, 4.69) is 41.4 Å². The van der Waals surface area contributed by atoms with Crippen molar-refractivity contribution in [3.05, 3.63) is 71.8 Å². The molecule has 1 aliphatic rings. The number of amides is 1. The van der Waals surface area contributed by atoms with Crippen molar-refractivity contribution >= 4 is 5.91 Å². The number of rotatable bonds is 6. The molecule has 3 heteroatoms. The molecule has 1 atom stereocenters. The van der Waals surface area contributed by atoms with Gasteiger partial charge in [0.05, 0.1) is 12.6 Å². The van der Waals surface area contributed by atoms with Crippen LogP contribution in [0.4, 0.5) is 0 Å². The molecule has 3 nitrogen and oxygen atoms in total. The van der Waals surface area contributed by atoms with Gasteiger partial charge in [0.2, 0.25) is 5.91 Å². The Labute approximate surface area is 151 Å². The Morgan fingerprint density at radius 3 is 2.28 bits per heavy atom. The molecule has 3 rings (SSSR count). The SMILES string of the molecule is CC1CCN(CC(=O)NC(Cc2ccccc2)c2ccccc2)CC1. The second-order valence-electron chi connectivity index (χ2n) is 7.18. The van der Waals surface area contributed by atoms with Crippen molar-refractivity contribution in [2.24, 2.45) is 5.92 Å². The Morgan fingerprint density at radius 2 is 1.64 bits per heavy atom. The molecule has 1 heterocycles. The number of benzene rings is 2. The first-order valence-corrected chi connectivity index (χ1v) is 9.31. The van der Waals surface area contributed by atoms with E-state index in [0.717, 1.165) is 31.0 Å². The van der Waals surface area contributed by atoms with Gasteiger partial charge in [0.1, 0.15) is 0 Å². The van der Waals surface area contributed by atoms with Crippen LogP contribution in [0.1, 0.15) is 36.9 Å². The molecule has 2 aromatic rings. The predicted octanol–water partition coefficient (Wildman–Crippen LogP) is 3.82. The number of nitrogens with zero attached hydrogens (tertiary/aromatic N) is 1. The number of carbonyl (C=O) groups excluding carboxylic acids is 1. The van der Waals surface area contributed by atoms with Crippen molar-refractivity contribution in [1.29, 1.82) is 0 Å². The zero-order valence-corrected chi connectivity index (χ0v) is 15.0. The summed E-state index contributed by atoms with van der Waals surface area (Å²) in [5.41, 5.74) is 2.40. The van der Waals surface area contributed by atoms with Crippen molar-refractivity contribution < 1.29 is 4.79 Å². The molecule has 25 heavy (non-hydrogen) atoms. The number of nitrogens with one attached hydrogen (secondary N) is 1. The van der Waals surface area contributed by atoms with Gasteiger partial charge in [-0.2, -0.15) is 0 Å². The fraction of sp³-hybridized carbons (Fsp3) is 0.409. The quantitative estimate of drug-likeness (QED) is 0.870. The van der Waals surface area contributed by atoms with Gasteiger partial charge in [-0.1, -0.05) is 67.6 Å². The molecule has 1 N–H and O–H groups in total. The molecule has 0 spiro atoms. The van der Waals surface area contributed by atoms with Crippen LogP contribution in [0.3, 0.4) is 0 Å². The summed E-state index contributed by atoms with van der Waals surface area (Å²) in [7, 11) is 0. The Kier molecular flexibility index (Phi) is 6.24. The maximum atomic E-state index is 12.6. The van der Waals surface area contributed by atoms with Crippen molar-refractivity contribution in [2.45, 2.75) is 32.2 Å². The van der Waals surface area contributed by atoms with E-state index in [1.165, 1.54) is 18.4 Å². The molecule has 1 aliphatic heterocycles. The molecule has 1 unspecified atom stereocenters. The third-order valence-corrected chi connectivity index (χ3v) is 5.06. The molecular weight excluding hydrogens is 308 g/mol. The highest BCUT2D eigenvalue weighted by atomic mass is 16.2. The second kappa shape index (κ2) is 8.82. The summed E-state index contributed by atoms with van der Waals surface area (Å²) in [6.45, 7) is 4.86. The van der Waals surface area contributed by atoms with E-state index in [4.69, 9.17) is 0 Å². The summed E-state index contributed by atoms with van der Waals surface area (Å²) in [6.07, 6.45) is 3.20. The van der Waals surface area contributed by atoms with Crippen LogP contribution in [0.5, 0.6) is 0 Å². The van der Waals surface area contributed by atoms with E-state index in [1.807, 2.05) is 36.4 Å². The van der Waals surface area contributed by atoms with Crippen LogP contribution in [0.15, 0.2) is 60.7 Å². The van der Waals surface area contributed by atoms with Gasteiger partial charge in [-0.15, -0.1) is 0 Å². The first-order valence-electron chi connectivity index (χ1n) is 9.31. The predicted molar refractivity (Wildman–Crippen MR) is 102 cm³/mol. The third kappa shape index (κ3) is 5.43. The monoisotopic (exact) mass is 336 g/mol. The minimum Gasteiger partial charge on any atom is -0.348 e. The molecule has 2 aromatic carbocycles. The molecule has 0 bridgehead atoms. The van der Waals surface area contributed by atoms with E-state index < -0.39 is 0 Å². The highest BCUT2D eigenvalue weighted by molar-refractivity contribution is 5.78. The Bertz CT molecular complexity index is 648. The maximum absolute atomic E-state index is 12.6. The van der Waals surface area contributed by atoms with Gasteiger partial charge in [-0.25, -0.2) is 0 Å². The van der Waals surface area contributed by atoms with Gasteiger partial charge in [0, 0.05) is 0 Å². The summed E-state index contributed by atoms with van der Waals surface area (Å²) in [6, 6.07) is 20.6. The van der Waals surface area contributed by atoms with Gasteiger partial charge >= 0.3 is 0 Å². The highest BCUT2D eigenvalue weighted by Crippen LogP contribution is 2.19. The second-order valence-corrected chi connectivity index (χ2v) is 7.18. The molecule has 1 saturated heterocycles. The van der Waals surface area contributed by atoms with Crippen LogP contribution in [0, 0.1) is 5.92 Å². The van der Waals surface area contributed by atoms with Gasteiger partial charge < -0.3 is 5.32 Å². The lowest BCUT2D eigenvalue weighted by atomic mass is 9.98. The number of piperidine rings is 1. The Balaban J connectivity index is 1.64. The van der Waals surface area contributed by atoms with E-state index in [-0.39, 0.29) is 11.9 Å². The normalized spacial score (nSPS) is 17.2. The van der Waals surface area contributed by atoms with Crippen LogP contribution in [0.2, 0.25) is 0 Å². The molecule has 0 aliphatic carbocycles. The Morgan fingerprint density at radius 1 is 1.04 bits per heavy atom. The largest absolute Gasteiger partial charge is 0.348 e. The zero-order chi connectivity index (χ0) is 17.5. The molecule has 1 amide bonds. The molecule has 0 saturated carbocycles. The van der Waals surface area contributed by atoms with Gasteiger partial charge in [-0.3, -0.25) is 9.69 Å². The maximum Gasteiger partial charge on any atom is 0.234 e. The lowest BCUT2D eigenvalue weighted by Crippen LogP contribution is -2.42. The molecule has 1 fully saturated rings. The summed E-state index contributed by atoms with van der Waals surface area (Å²) in [5.74, 6) is 0.911. The zero-order valence-electron chi connectivity index (χ0n) is 15.0. The smallest absolute Gasteiger partial charge is 0.234 e. The Hall–Kier alpha value is -2.13. The van der Waals surface area contributed by atoms with Gasteiger partial charge in [-0.05, 0) is 49.4 Å². The molecule has 0 aromatic heterocycles. The van der Waals surface area contributed by atoms with Crippen LogP contribution in [-0.4, -0.2) is 30.4 Å². The average molecular weight is 336 g/mol. The standard InChI is InChI=1S/C22H28N2O/c1-18-12-14-24(15-13-18)17-22(25)23-21(20-10-6-3-7-11-20)16-19-8-4-2-5-9-19/h2-11,18,21H,12-17H2,1H3,(H,23,25). The van der Waals surface area contributed by atoms with Gasteiger partial charge in [0.25, 0.3) is 0 Å². The summed E-state index contributed by atoms with van der Waals surface area (Å²) < 4.78 is 0. The number of hydrogen-bond donors (Lipinski definition) is 1. The molecule has 0 radical (unpaired) electrons. The third-order valence-electron chi connectivity index (χ3n) is 5.06. The van der Waals surface area contributed by atoms with Crippen LogP contribution in [0.25, 0.3) is 0 Å². The van der Waals surface area contributed by atoms with E-state index in [9.17, 15) is 4.79 Å². The van der Waals surface area contributed by atoms with Crippen molar-refractivity contribution in [3.8, 4) is 0 Å². The van der Waals surface area contributed by atoms with Crippen LogP contribution in [-0.2, 0) is 11.2 Å². The topological polar surface area (TPSA) is 32.3 Å². The molecular formula is C22H28N2O. The number of carbonyl (C=O) groups is 1. The first kappa shape index (κ1) is 17.7. The number of likely N-dealkylation sites (tertiary alicyclic amines) is 1. The van der Waals surface area contributed by atoms with E-state index in [0.29, 0.717) is 6.54 Å². The first-order chi connectivity index (χ1) is 12.2. The lowest BCUT2D eigenvalue weighted by molar-refractivity contribution is -0.123. The molecule has 132 valence electrons. The minimum atomic E-state index is 0.0137. The van der Waals surface area contributed by atoms with Crippen molar-refractivity contribution in [3.63, 3.8) is 0 Å². The van der Waals surface area contributed by atoms with Gasteiger partial charge in [0.15, 0.2) is 0 Å². The minimum absolute atomic E-state index is 0.0137. The van der Waals surface area contributed by atoms with Crippen molar-refractivity contribution in [1.82, 2.24) is 10.2 Å². The fourth-order valence-electron chi connectivity index (χ4n) is 3.45. The van der Waals surface area contributed by atoms with Crippen LogP contribution >= 0.6 is 0 Å². The van der Waals surface area contributed by atoms with E-state index >= 15 is 0 Å². The van der Waals surface area contributed by atoms with E-state index in [1.54, 1.807) is 0 Å². The fourth-order valence-corrected chi connectivity index (χ4v) is 3.45. The summed E-state index contributed by atoms with van der Waals surface area (Å²) >= 11 is 0. The summed E-state index contributed by atoms with van der Waals surface area (Å²) in [5, 5.41) is 3.26. The summed E-state index contributed by atoms with van der Waals surface area (Å²) in [4.78, 5) is 14.9. The van der Waals surface area contributed by atoms with Crippen molar-refractivity contribution in [2.75, 3.05) is 19.6 Å². The lowest BCUT2D eigenvalue weighted by Gasteiger charge is -2.30. The average Bonchev–Trinajstić information content (AvgIpc) is 2.65.